The van der Waals surface area contributed by atoms with E-state index in [1.54, 1.807) is 17.7 Å². The third kappa shape index (κ3) is 4.02. The van der Waals surface area contributed by atoms with Crippen LogP contribution in [0.25, 0.3) is 0 Å². The minimum absolute atomic E-state index is 0.0554. The van der Waals surface area contributed by atoms with Gasteiger partial charge in [-0.15, -0.1) is 11.3 Å². The van der Waals surface area contributed by atoms with Crippen molar-refractivity contribution in [2.75, 3.05) is 36.5 Å². The molecule has 130 valence electrons. The van der Waals surface area contributed by atoms with Gasteiger partial charge in [0.2, 0.25) is 0 Å². The normalized spacial score (nSPS) is 15.7. The van der Waals surface area contributed by atoms with Crippen LogP contribution in [0, 0.1) is 0 Å². The summed E-state index contributed by atoms with van der Waals surface area (Å²) in [5.41, 5.74) is 1.05. The predicted octanol–water partition coefficient (Wildman–Crippen LogP) is 3.27. The summed E-state index contributed by atoms with van der Waals surface area (Å²) in [7, 11) is 2.04. The van der Waals surface area contributed by atoms with Gasteiger partial charge in [-0.25, -0.2) is 15.0 Å². The van der Waals surface area contributed by atoms with Crippen molar-refractivity contribution in [1.82, 2.24) is 15.0 Å². The lowest BCUT2D eigenvalue weighted by atomic mass is 10.4. The first-order chi connectivity index (χ1) is 11.7. The zero-order chi connectivity index (χ0) is 16.9. The highest BCUT2D eigenvalue weighted by molar-refractivity contribution is 7.09. The lowest BCUT2D eigenvalue weighted by Crippen LogP contribution is -2.22. The van der Waals surface area contributed by atoms with Gasteiger partial charge in [0.15, 0.2) is 0 Å². The van der Waals surface area contributed by atoms with Gasteiger partial charge in [-0.1, -0.05) is 0 Å². The maximum atomic E-state index is 5.61. The average molecular weight is 347 g/mol. The second-order valence-electron chi connectivity index (χ2n) is 6.06. The third-order valence-electron chi connectivity index (χ3n) is 4.19. The van der Waals surface area contributed by atoms with E-state index in [0.717, 1.165) is 42.0 Å². The largest absolute Gasteiger partial charge is 0.372 e. The second kappa shape index (κ2) is 7.90. The molecule has 2 aromatic rings. The van der Waals surface area contributed by atoms with E-state index in [-0.39, 0.29) is 6.10 Å². The van der Waals surface area contributed by atoms with Gasteiger partial charge in [0.25, 0.3) is 0 Å². The third-order valence-corrected chi connectivity index (χ3v) is 5.25. The van der Waals surface area contributed by atoms with Gasteiger partial charge in [0.05, 0.1) is 12.2 Å². The van der Waals surface area contributed by atoms with Crippen LogP contribution in [0.15, 0.2) is 17.8 Å². The molecule has 0 aliphatic carbocycles. The second-order valence-corrected chi connectivity index (χ2v) is 6.95. The maximum absolute atomic E-state index is 5.61. The Kier molecular flexibility index (Phi) is 5.63. The zero-order valence-corrected chi connectivity index (χ0v) is 15.4. The van der Waals surface area contributed by atoms with Crippen LogP contribution in [0.4, 0.5) is 11.6 Å². The van der Waals surface area contributed by atoms with Crippen molar-refractivity contribution in [3.05, 3.63) is 28.5 Å². The van der Waals surface area contributed by atoms with Crippen LogP contribution in [0.3, 0.4) is 0 Å². The molecule has 2 aromatic heterocycles. The first kappa shape index (κ1) is 17.1. The zero-order valence-electron chi connectivity index (χ0n) is 14.6. The Morgan fingerprint density at radius 3 is 2.88 bits per heavy atom. The van der Waals surface area contributed by atoms with E-state index in [4.69, 9.17) is 9.72 Å². The number of ether oxygens (including phenoxy) is 1. The molecule has 24 heavy (non-hydrogen) atoms. The van der Waals surface area contributed by atoms with Crippen LogP contribution >= 0.6 is 11.3 Å². The Morgan fingerprint density at radius 2 is 2.12 bits per heavy atom. The van der Waals surface area contributed by atoms with Crippen molar-refractivity contribution >= 4 is 23.0 Å². The first-order valence-corrected chi connectivity index (χ1v) is 9.39. The molecule has 3 rings (SSSR count). The Morgan fingerprint density at radius 1 is 1.33 bits per heavy atom. The summed E-state index contributed by atoms with van der Waals surface area (Å²) in [6.45, 7) is 7.66. The van der Waals surface area contributed by atoms with Gasteiger partial charge in [-0.05, 0) is 26.7 Å². The van der Waals surface area contributed by atoms with Crippen molar-refractivity contribution in [3.8, 4) is 0 Å². The number of aromatic nitrogens is 3. The summed E-state index contributed by atoms with van der Waals surface area (Å²) in [5.74, 6) is 1.95. The Labute approximate surface area is 147 Å². The predicted molar refractivity (Wildman–Crippen MR) is 97.7 cm³/mol. The van der Waals surface area contributed by atoms with E-state index in [2.05, 4.69) is 31.2 Å². The maximum Gasteiger partial charge on any atom is 0.134 e. The molecule has 1 fully saturated rings. The first-order valence-electron chi connectivity index (χ1n) is 8.51. The number of hydrogen-bond donors (Lipinski definition) is 0. The highest BCUT2D eigenvalue weighted by Crippen LogP contribution is 2.24. The van der Waals surface area contributed by atoms with Crippen LogP contribution in [-0.4, -0.2) is 41.7 Å². The standard InChI is InChI=1S/C17H25N5OS/c1-4-23-13(2)17-20-14(11-24-17)10-21(3)15-9-16(19-12-18-15)22-7-5-6-8-22/h9,11-13H,4-8,10H2,1-3H3/t13-/m0/s1. The minimum atomic E-state index is 0.0554. The highest BCUT2D eigenvalue weighted by atomic mass is 32.1. The van der Waals surface area contributed by atoms with E-state index in [0.29, 0.717) is 6.61 Å². The molecule has 6 nitrogen and oxygen atoms in total. The van der Waals surface area contributed by atoms with Crippen molar-refractivity contribution in [2.24, 2.45) is 0 Å². The van der Waals surface area contributed by atoms with Gasteiger partial charge in [0, 0.05) is 38.2 Å². The van der Waals surface area contributed by atoms with Crippen LogP contribution in [-0.2, 0) is 11.3 Å². The number of thiazole rings is 1. The van der Waals surface area contributed by atoms with Crippen LogP contribution in [0.1, 0.15) is 43.5 Å². The van der Waals surface area contributed by atoms with Crippen molar-refractivity contribution in [1.29, 1.82) is 0 Å². The molecule has 1 aliphatic heterocycles. The number of anilines is 2. The molecular formula is C17H25N5OS. The number of hydrogen-bond acceptors (Lipinski definition) is 7. The van der Waals surface area contributed by atoms with E-state index in [1.165, 1.54) is 12.8 Å². The molecule has 1 aliphatic rings. The van der Waals surface area contributed by atoms with E-state index in [9.17, 15) is 0 Å². The average Bonchev–Trinajstić information content (AvgIpc) is 3.27. The highest BCUT2D eigenvalue weighted by Gasteiger charge is 2.16. The monoisotopic (exact) mass is 347 g/mol. The fourth-order valence-corrected chi connectivity index (χ4v) is 3.71. The topological polar surface area (TPSA) is 54.4 Å². The van der Waals surface area contributed by atoms with Crippen molar-refractivity contribution in [3.63, 3.8) is 0 Å². The number of nitrogens with zero attached hydrogens (tertiary/aromatic N) is 5. The van der Waals surface area contributed by atoms with Gasteiger partial charge < -0.3 is 14.5 Å². The molecule has 0 N–H and O–H groups in total. The van der Waals surface area contributed by atoms with Gasteiger partial charge >= 0.3 is 0 Å². The summed E-state index contributed by atoms with van der Waals surface area (Å²) in [4.78, 5) is 18.0. The fraction of sp³-hybridized carbons (Fsp3) is 0.588. The molecule has 1 saturated heterocycles. The van der Waals surface area contributed by atoms with E-state index >= 15 is 0 Å². The van der Waals surface area contributed by atoms with Gasteiger partial charge in [-0.3, -0.25) is 0 Å². The molecule has 0 spiro atoms. The van der Waals surface area contributed by atoms with Crippen molar-refractivity contribution < 1.29 is 4.74 Å². The van der Waals surface area contributed by atoms with Crippen molar-refractivity contribution in [2.45, 2.75) is 39.3 Å². The van der Waals surface area contributed by atoms with Crippen LogP contribution < -0.4 is 9.80 Å². The lowest BCUT2D eigenvalue weighted by Gasteiger charge is -2.20. The quantitative estimate of drug-likeness (QED) is 0.766. The van der Waals surface area contributed by atoms with Crippen LogP contribution in [0.2, 0.25) is 0 Å². The summed E-state index contributed by atoms with van der Waals surface area (Å²) < 4.78 is 5.61. The molecule has 3 heterocycles. The van der Waals surface area contributed by atoms with Gasteiger partial charge in [0.1, 0.15) is 29.1 Å². The molecule has 0 unspecified atom stereocenters. The summed E-state index contributed by atoms with van der Waals surface area (Å²) in [6.07, 6.45) is 4.20. The van der Waals surface area contributed by atoms with E-state index in [1.807, 2.05) is 20.9 Å². The summed E-state index contributed by atoms with van der Waals surface area (Å²) >= 11 is 1.65. The molecule has 0 radical (unpaired) electrons. The molecule has 1 atom stereocenters. The smallest absolute Gasteiger partial charge is 0.134 e. The Balaban J connectivity index is 1.66. The minimum Gasteiger partial charge on any atom is -0.372 e. The summed E-state index contributed by atoms with van der Waals surface area (Å²) in [5, 5.41) is 3.13. The molecule has 7 heteroatoms. The van der Waals surface area contributed by atoms with Crippen LogP contribution in [0.5, 0.6) is 0 Å². The molecule has 0 saturated carbocycles. The number of rotatable bonds is 7. The summed E-state index contributed by atoms with van der Waals surface area (Å²) in [6, 6.07) is 2.07. The Bertz CT molecular complexity index is 656. The Hall–Kier alpha value is -1.73. The molecule has 0 aromatic carbocycles. The van der Waals surface area contributed by atoms with Gasteiger partial charge in [-0.2, -0.15) is 0 Å². The molecule has 0 bridgehead atoms. The van der Waals surface area contributed by atoms with E-state index < -0.39 is 0 Å². The fourth-order valence-electron chi connectivity index (χ4n) is 2.89. The molecule has 0 amide bonds. The SMILES string of the molecule is CCO[C@@H](C)c1nc(CN(C)c2cc(N3CCCC3)ncn2)cs1. The lowest BCUT2D eigenvalue weighted by molar-refractivity contribution is 0.0761. The molecular weight excluding hydrogens is 322 g/mol.